The molecule has 1 amide bonds. The molecule has 194 valence electrons. The molecule has 1 aliphatic carbocycles. The maximum atomic E-state index is 12.1. The van der Waals surface area contributed by atoms with E-state index in [1.54, 1.807) is 0 Å². The Morgan fingerprint density at radius 2 is 1.72 bits per heavy atom. The third-order valence-electron chi connectivity index (χ3n) is 7.84. The number of aromatic nitrogens is 2. The predicted molar refractivity (Wildman–Crippen MR) is 142 cm³/mol. The zero-order chi connectivity index (χ0) is 25.1. The summed E-state index contributed by atoms with van der Waals surface area (Å²) in [5.74, 6) is 0.235. The maximum Gasteiger partial charge on any atom is 0.271 e. The first-order chi connectivity index (χ1) is 17.5. The molecule has 1 aromatic carbocycles. The second-order valence-corrected chi connectivity index (χ2v) is 10.3. The van der Waals surface area contributed by atoms with Gasteiger partial charge >= 0.3 is 0 Å². The van der Waals surface area contributed by atoms with Crippen molar-refractivity contribution < 1.29 is 9.53 Å². The van der Waals surface area contributed by atoms with Crippen molar-refractivity contribution in [3.63, 3.8) is 0 Å². The highest BCUT2D eigenvalue weighted by molar-refractivity contribution is 5.96. The minimum atomic E-state index is -0.602. The molecule has 0 spiro atoms. The van der Waals surface area contributed by atoms with Crippen LogP contribution in [0.25, 0.3) is 0 Å². The fraction of sp³-hybridized carbons (Fsp3) is 0.593. The Hall–Kier alpha value is -2.91. The van der Waals surface area contributed by atoms with Crippen molar-refractivity contribution in [2.75, 3.05) is 56.5 Å². The van der Waals surface area contributed by atoms with Crippen LogP contribution in [0.3, 0.4) is 0 Å². The molecule has 0 radical (unpaired) electrons. The van der Waals surface area contributed by atoms with Gasteiger partial charge in [-0.1, -0.05) is 6.92 Å². The van der Waals surface area contributed by atoms with E-state index < -0.39 is 5.91 Å². The number of nitrogens with zero attached hydrogens (tertiary/aromatic N) is 5. The highest BCUT2D eigenvalue weighted by atomic mass is 16.5. The lowest BCUT2D eigenvalue weighted by Crippen LogP contribution is -2.52. The number of carbonyl (C=O) groups is 1. The van der Waals surface area contributed by atoms with Gasteiger partial charge in [-0.25, -0.2) is 4.98 Å². The van der Waals surface area contributed by atoms with Gasteiger partial charge in [0.25, 0.3) is 5.91 Å². The zero-order valence-corrected chi connectivity index (χ0v) is 21.6. The summed E-state index contributed by atoms with van der Waals surface area (Å²) < 4.78 is 6.06. The van der Waals surface area contributed by atoms with Crippen LogP contribution < -0.4 is 20.7 Å². The molecule has 1 saturated carbocycles. The molecule has 36 heavy (non-hydrogen) atoms. The Kier molecular flexibility index (Phi) is 7.57. The third kappa shape index (κ3) is 5.57. The standard InChI is InChI=1S/C27H39N7O2/c1-3-23-27(36-22-5-4-6-22)31-26(24(30-23)25(28)35)29-19-7-9-20(10-8-19)33-13-11-21(12-14-33)34-17-15-32(2)16-18-34/h7-10,21-22H,3-6,11-18H2,1-2H3,(H2,28,35)(H,29,31). The van der Waals surface area contributed by atoms with E-state index in [0.717, 1.165) is 31.6 Å². The number of benzene rings is 1. The summed E-state index contributed by atoms with van der Waals surface area (Å²) in [6.45, 7) is 8.83. The van der Waals surface area contributed by atoms with Gasteiger partial charge in [0, 0.05) is 56.7 Å². The van der Waals surface area contributed by atoms with Crippen LogP contribution in [0.1, 0.15) is 55.2 Å². The van der Waals surface area contributed by atoms with Crippen LogP contribution in [0.2, 0.25) is 0 Å². The normalized spacial score (nSPS) is 20.2. The molecular weight excluding hydrogens is 454 g/mol. The number of rotatable bonds is 8. The van der Waals surface area contributed by atoms with Crippen molar-refractivity contribution >= 4 is 23.1 Å². The number of piperazine rings is 1. The second kappa shape index (κ2) is 11.0. The van der Waals surface area contributed by atoms with Gasteiger partial charge in [-0.05, 0) is 69.8 Å². The van der Waals surface area contributed by atoms with E-state index in [-0.39, 0.29) is 11.8 Å². The van der Waals surface area contributed by atoms with Gasteiger partial charge in [0.05, 0.1) is 0 Å². The highest BCUT2D eigenvalue weighted by Gasteiger charge is 2.27. The molecule has 1 aromatic heterocycles. The molecule has 0 atom stereocenters. The number of hydrogen-bond acceptors (Lipinski definition) is 8. The van der Waals surface area contributed by atoms with E-state index in [0.29, 0.717) is 29.9 Å². The van der Waals surface area contributed by atoms with Crippen LogP contribution in [-0.2, 0) is 6.42 Å². The summed E-state index contributed by atoms with van der Waals surface area (Å²) >= 11 is 0. The van der Waals surface area contributed by atoms with Gasteiger partial charge in [0.1, 0.15) is 11.8 Å². The Bertz CT molecular complexity index is 1040. The predicted octanol–water partition coefficient (Wildman–Crippen LogP) is 3.03. The molecule has 2 aromatic rings. The molecule has 0 bridgehead atoms. The molecule has 3 fully saturated rings. The lowest BCUT2D eigenvalue weighted by atomic mass is 9.96. The Labute approximate surface area is 214 Å². The first-order valence-electron chi connectivity index (χ1n) is 13.4. The van der Waals surface area contributed by atoms with Gasteiger partial charge in [-0.15, -0.1) is 0 Å². The lowest BCUT2D eigenvalue weighted by molar-refractivity contribution is 0.0982. The molecule has 9 heteroatoms. The monoisotopic (exact) mass is 493 g/mol. The Morgan fingerprint density at radius 1 is 1.03 bits per heavy atom. The molecule has 3 aliphatic rings. The van der Waals surface area contributed by atoms with E-state index >= 15 is 0 Å². The quantitative estimate of drug-likeness (QED) is 0.579. The topological polar surface area (TPSA) is 99.8 Å². The Morgan fingerprint density at radius 3 is 2.31 bits per heavy atom. The number of primary amides is 1. The number of anilines is 3. The fourth-order valence-corrected chi connectivity index (χ4v) is 5.25. The number of carbonyl (C=O) groups excluding carboxylic acids is 1. The van der Waals surface area contributed by atoms with Crippen molar-refractivity contribution in [1.29, 1.82) is 0 Å². The summed E-state index contributed by atoms with van der Waals surface area (Å²) in [4.78, 5) is 28.8. The van der Waals surface area contributed by atoms with Crippen LogP contribution in [0.15, 0.2) is 24.3 Å². The van der Waals surface area contributed by atoms with Gasteiger partial charge in [-0.2, -0.15) is 4.98 Å². The number of ether oxygens (including phenoxy) is 1. The number of amides is 1. The van der Waals surface area contributed by atoms with Gasteiger partial charge in [0.2, 0.25) is 5.88 Å². The minimum absolute atomic E-state index is 0.142. The van der Waals surface area contributed by atoms with E-state index in [1.165, 1.54) is 51.1 Å². The zero-order valence-electron chi connectivity index (χ0n) is 21.6. The summed E-state index contributed by atoms with van der Waals surface area (Å²) in [5, 5.41) is 3.26. The molecular formula is C27H39N7O2. The van der Waals surface area contributed by atoms with Crippen molar-refractivity contribution in [3.8, 4) is 5.88 Å². The number of piperidine rings is 1. The van der Waals surface area contributed by atoms with Crippen LogP contribution in [0, 0.1) is 0 Å². The van der Waals surface area contributed by atoms with Crippen molar-refractivity contribution in [3.05, 3.63) is 35.7 Å². The van der Waals surface area contributed by atoms with Crippen LogP contribution >= 0.6 is 0 Å². The number of hydrogen-bond donors (Lipinski definition) is 2. The van der Waals surface area contributed by atoms with E-state index in [9.17, 15) is 4.79 Å². The molecule has 3 N–H and O–H groups in total. The second-order valence-electron chi connectivity index (χ2n) is 10.3. The van der Waals surface area contributed by atoms with Gasteiger partial charge in [0.15, 0.2) is 11.5 Å². The van der Waals surface area contributed by atoms with Crippen LogP contribution in [0.5, 0.6) is 5.88 Å². The first kappa shape index (κ1) is 24.8. The molecule has 9 nitrogen and oxygen atoms in total. The number of nitrogens with two attached hydrogens (primary N) is 1. The molecule has 3 heterocycles. The minimum Gasteiger partial charge on any atom is -0.473 e. The summed E-state index contributed by atoms with van der Waals surface area (Å²) in [6.07, 6.45) is 6.43. The van der Waals surface area contributed by atoms with E-state index in [4.69, 9.17) is 10.5 Å². The van der Waals surface area contributed by atoms with Gasteiger partial charge in [-0.3, -0.25) is 9.69 Å². The van der Waals surface area contributed by atoms with Crippen molar-refractivity contribution in [2.24, 2.45) is 5.73 Å². The van der Waals surface area contributed by atoms with Crippen LogP contribution in [0.4, 0.5) is 17.2 Å². The Balaban J connectivity index is 1.24. The SMILES string of the molecule is CCc1nc(C(N)=O)c(Nc2ccc(N3CCC(N4CCN(C)CC4)CC3)cc2)nc1OC1CCC1. The van der Waals surface area contributed by atoms with E-state index in [1.807, 2.05) is 19.1 Å². The average Bonchev–Trinajstić information content (AvgIpc) is 2.87. The molecule has 5 rings (SSSR count). The number of likely N-dealkylation sites (N-methyl/N-ethyl adjacent to an activating group) is 1. The smallest absolute Gasteiger partial charge is 0.271 e. The van der Waals surface area contributed by atoms with E-state index in [2.05, 4.69) is 49.2 Å². The average molecular weight is 494 g/mol. The van der Waals surface area contributed by atoms with Crippen molar-refractivity contribution in [2.45, 2.75) is 57.6 Å². The fourth-order valence-electron chi connectivity index (χ4n) is 5.25. The molecule has 0 unspecified atom stereocenters. The summed E-state index contributed by atoms with van der Waals surface area (Å²) in [5.41, 5.74) is 8.50. The number of aryl methyl sites for hydroxylation is 1. The maximum absolute atomic E-state index is 12.1. The van der Waals surface area contributed by atoms with Crippen molar-refractivity contribution in [1.82, 2.24) is 19.8 Å². The van der Waals surface area contributed by atoms with Crippen LogP contribution in [-0.4, -0.2) is 84.1 Å². The third-order valence-corrected chi connectivity index (χ3v) is 7.84. The highest BCUT2D eigenvalue weighted by Crippen LogP contribution is 2.30. The number of nitrogens with one attached hydrogen (secondary N) is 1. The summed E-state index contributed by atoms with van der Waals surface area (Å²) in [6, 6.07) is 9.00. The molecule has 2 aliphatic heterocycles. The first-order valence-corrected chi connectivity index (χ1v) is 13.4. The molecule has 2 saturated heterocycles. The largest absolute Gasteiger partial charge is 0.473 e. The lowest BCUT2D eigenvalue weighted by Gasteiger charge is -2.42. The van der Waals surface area contributed by atoms with Gasteiger partial charge < -0.3 is 25.6 Å². The summed E-state index contributed by atoms with van der Waals surface area (Å²) in [7, 11) is 2.21.